The van der Waals surface area contributed by atoms with Crippen molar-refractivity contribution in [3.8, 4) is 0 Å². The Morgan fingerprint density at radius 2 is 1.83 bits per heavy atom. The molecule has 0 amide bonds. The van der Waals surface area contributed by atoms with Gasteiger partial charge in [-0.25, -0.2) is 4.79 Å². The van der Waals surface area contributed by atoms with Gasteiger partial charge in [-0.1, -0.05) is 11.6 Å². The molecule has 128 valence electrons. The minimum atomic E-state index is -6.43. The van der Waals surface area contributed by atoms with Gasteiger partial charge < -0.3 is 4.74 Å². The van der Waals surface area contributed by atoms with Crippen LogP contribution >= 0.6 is 0 Å². The summed E-state index contributed by atoms with van der Waals surface area (Å²) in [4.78, 5) is 11.8. The predicted molar refractivity (Wildman–Crippen MR) is 63.8 cm³/mol. The molecule has 0 radical (unpaired) electrons. The number of alkyl halides is 5. The highest BCUT2D eigenvalue weighted by molar-refractivity contribution is 7.86. The van der Waals surface area contributed by atoms with Crippen molar-refractivity contribution >= 4 is 16.1 Å². The summed E-state index contributed by atoms with van der Waals surface area (Å²) >= 11 is 0. The van der Waals surface area contributed by atoms with Crippen molar-refractivity contribution in [2.75, 3.05) is 0 Å². The van der Waals surface area contributed by atoms with Crippen LogP contribution in [0.2, 0.25) is 0 Å². The normalized spacial score (nSPS) is 27.7. The summed E-state index contributed by atoms with van der Waals surface area (Å²) in [5.41, 5.74) is 1.50. The summed E-state index contributed by atoms with van der Waals surface area (Å²) in [7, 11) is -6.43. The number of carbonyl (C=O) groups is 1. The van der Waals surface area contributed by atoms with Gasteiger partial charge in [-0.15, -0.1) is 0 Å². The third kappa shape index (κ3) is 2.20. The Kier molecular flexibility index (Phi) is 3.22. The van der Waals surface area contributed by atoms with Crippen molar-refractivity contribution in [1.29, 1.82) is 0 Å². The molecule has 0 spiro atoms. The molecule has 3 fully saturated rings. The first-order chi connectivity index (χ1) is 10.4. The molecular weight excluding hydrogens is 351 g/mol. The number of hydrogen-bond donors (Lipinski definition) is 1. The van der Waals surface area contributed by atoms with Crippen LogP contribution in [0.15, 0.2) is 22.8 Å². The van der Waals surface area contributed by atoms with Gasteiger partial charge in [0.2, 0.25) is 0 Å². The molecule has 0 aromatic rings. The van der Waals surface area contributed by atoms with E-state index < -0.39 is 33.6 Å². The maximum atomic E-state index is 13.3. The quantitative estimate of drug-likeness (QED) is 0.360. The van der Waals surface area contributed by atoms with E-state index in [2.05, 4.69) is 4.74 Å². The Morgan fingerprint density at radius 1 is 1.26 bits per heavy atom. The Morgan fingerprint density at radius 3 is 2.22 bits per heavy atom. The van der Waals surface area contributed by atoms with Crippen LogP contribution in [0.5, 0.6) is 0 Å². The molecule has 11 heteroatoms. The summed E-state index contributed by atoms with van der Waals surface area (Å²) in [6, 6.07) is 0. The first-order valence-corrected chi connectivity index (χ1v) is 7.85. The van der Waals surface area contributed by atoms with Crippen LogP contribution in [0.3, 0.4) is 0 Å². The van der Waals surface area contributed by atoms with Crippen molar-refractivity contribution in [2.24, 2.45) is 11.8 Å². The van der Waals surface area contributed by atoms with Gasteiger partial charge in [-0.05, 0) is 18.4 Å². The van der Waals surface area contributed by atoms with Crippen LogP contribution in [-0.2, 0) is 19.6 Å². The lowest BCUT2D eigenvalue weighted by Gasteiger charge is -2.59. The third-order valence-corrected chi connectivity index (χ3v) is 5.24. The van der Waals surface area contributed by atoms with Crippen LogP contribution in [0, 0.1) is 11.8 Å². The SMILES string of the molecule is O=C(OC(C(F)(F)F)C(F)(F)S(=O)(=O)O)C1=C2C3CC2C3=CC1. The number of esters is 1. The topological polar surface area (TPSA) is 80.7 Å². The molecule has 1 N–H and O–H groups in total. The zero-order valence-corrected chi connectivity index (χ0v) is 11.9. The molecule has 0 heterocycles. The molecule has 0 saturated heterocycles. The minimum absolute atomic E-state index is 0.0391. The molecule has 4 aliphatic carbocycles. The van der Waals surface area contributed by atoms with E-state index >= 15 is 0 Å². The van der Waals surface area contributed by atoms with Gasteiger partial charge in [-0.3, -0.25) is 4.55 Å². The fourth-order valence-electron chi connectivity index (χ4n) is 3.07. The van der Waals surface area contributed by atoms with E-state index in [0.29, 0.717) is 5.57 Å². The largest absolute Gasteiger partial charge is 0.441 e. The second-order valence-corrected chi connectivity index (χ2v) is 7.04. The molecular formula is C12H9F5O5S. The summed E-state index contributed by atoms with van der Waals surface area (Å²) in [5.74, 6) is -1.72. The molecule has 23 heavy (non-hydrogen) atoms. The average molecular weight is 360 g/mol. The molecule has 4 aliphatic rings. The highest BCUT2D eigenvalue weighted by Gasteiger charge is 2.66. The van der Waals surface area contributed by atoms with Crippen molar-refractivity contribution in [2.45, 2.75) is 30.4 Å². The van der Waals surface area contributed by atoms with Crippen molar-refractivity contribution < 1.29 is 44.5 Å². The monoisotopic (exact) mass is 360 g/mol. The van der Waals surface area contributed by atoms with E-state index in [1.165, 1.54) is 0 Å². The molecule has 3 unspecified atom stereocenters. The van der Waals surface area contributed by atoms with Crippen LogP contribution in [0.4, 0.5) is 22.0 Å². The third-order valence-electron chi connectivity index (χ3n) is 4.34. The fourth-order valence-corrected chi connectivity index (χ4v) is 3.53. The lowest BCUT2D eigenvalue weighted by atomic mass is 9.45. The molecule has 0 aromatic carbocycles. The number of carbonyl (C=O) groups excluding carboxylic acids is 1. The van der Waals surface area contributed by atoms with E-state index in [1.807, 2.05) is 0 Å². The molecule has 3 saturated carbocycles. The summed E-state index contributed by atoms with van der Waals surface area (Å²) in [6.45, 7) is 0. The van der Waals surface area contributed by atoms with Gasteiger partial charge in [0, 0.05) is 17.4 Å². The Bertz CT molecular complexity index is 734. The smallest absolute Gasteiger partial charge is 0.432 e. The molecule has 5 nitrogen and oxygen atoms in total. The second kappa shape index (κ2) is 4.53. The van der Waals surface area contributed by atoms with Crippen LogP contribution in [0.1, 0.15) is 12.8 Å². The fraction of sp³-hybridized carbons (Fsp3) is 0.583. The first kappa shape index (κ1) is 16.4. The molecule has 4 rings (SSSR count). The average Bonchev–Trinajstić information content (AvgIpc) is 2.29. The highest BCUT2D eigenvalue weighted by Crippen LogP contribution is 2.66. The van der Waals surface area contributed by atoms with Crippen LogP contribution in [-0.4, -0.2) is 36.5 Å². The molecule has 0 aliphatic heterocycles. The maximum absolute atomic E-state index is 13.3. The van der Waals surface area contributed by atoms with Gasteiger partial charge in [0.25, 0.3) is 6.10 Å². The van der Waals surface area contributed by atoms with E-state index in [-0.39, 0.29) is 23.8 Å². The lowest BCUT2D eigenvalue weighted by Crippen LogP contribution is -2.53. The summed E-state index contributed by atoms with van der Waals surface area (Å²) in [6.07, 6.45) is -7.82. The van der Waals surface area contributed by atoms with E-state index in [4.69, 9.17) is 4.55 Å². The van der Waals surface area contributed by atoms with Crippen molar-refractivity contribution in [1.82, 2.24) is 0 Å². The highest BCUT2D eigenvalue weighted by atomic mass is 32.2. The second-order valence-electron chi connectivity index (χ2n) is 5.55. The van der Waals surface area contributed by atoms with Gasteiger partial charge in [0.05, 0.1) is 0 Å². The Balaban J connectivity index is 1.86. The molecule has 4 bridgehead atoms. The lowest BCUT2D eigenvalue weighted by molar-refractivity contribution is -0.257. The summed E-state index contributed by atoms with van der Waals surface area (Å²) < 4.78 is 97.9. The minimum Gasteiger partial charge on any atom is -0.441 e. The van der Waals surface area contributed by atoms with Crippen molar-refractivity contribution in [3.05, 3.63) is 22.8 Å². The number of ether oxygens (including phenoxy) is 1. The Hall–Kier alpha value is -1.49. The first-order valence-electron chi connectivity index (χ1n) is 6.41. The number of rotatable bonds is 4. The number of halogens is 5. The Labute approximate surface area is 126 Å². The van der Waals surface area contributed by atoms with Gasteiger partial charge in [-0.2, -0.15) is 30.4 Å². The number of hydrogen-bond acceptors (Lipinski definition) is 4. The molecule has 3 atom stereocenters. The molecule has 0 aromatic heterocycles. The van der Waals surface area contributed by atoms with Gasteiger partial charge in [0.1, 0.15) is 0 Å². The zero-order chi connectivity index (χ0) is 17.4. The standard InChI is InChI=1S/C12H9F5O5S/c13-11(14,15)10(12(16,17)23(19,20)21)22-9(18)5-2-1-4-6-3-7(4)8(5)6/h1,6-7,10H,2-3H2,(H,19,20,21). The van der Waals surface area contributed by atoms with Crippen LogP contribution in [0.25, 0.3) is 0 Å². The van der Waals surface area contributed by atoms with Gasteiger partial charge in [0.15, 0.2) is 0 Å². The predicted octanol–water partition coefficient (Wildman–Crippen LogP) is 2.22. The zero-order valence-electron chi connectivity index (χ0n) is 11.1. The van der Waals surface area contributed by atoms with Crippen LogP contribution < -0.4 is 0 Å². The van der Waals surface area contributed by atoms with Gasteiger partial charge >= 0.3 is 27.5 Å². The van der Waals surface area contributed by atoms with E-state index in [9.17, 15) is 35.2 Å². The maximum Gasteiger partial charge on any atom is 0.432 e. The number of allylic oxidation sites excluding steroid dienone is 3. The van der Waals surface area contributed by atoms with E-state index in [0.717, 1.165) is 12.0 Å². The summed E-state index contributed by atoms with van der Waals surface area (Å²) in [5, 5.41) is -5.70. The van der Waals surface area contributed by atoms with E-state index in [1.54, 1.807) is 6.08 Å². The van der Waals surface area contributed by atoms with Crippen molar-refractivity contribution in [3.63, 3.8) is 0 Å².